The van der Waals surface area contributed by atoms with Gasteiger partial charge in [-0.05, 0) is 69.5 Å². The summed E-state index contributed by atoms with van der Waals surface area (Å²) in [6.45, 7) is 6.21. The van der Waals surface area contributed by atoms with Crippen LogP contribution in [0, 0.1) is 23.7 Å². The highest BCUT2D eigenvalue weighted by atomic mass is 15.1. The van der Waals surface area contributed by atoms with E-state index < -0.39 is 0 Å². The van der Waals surface area contributed by atoms with Gasteiger partial charge in [-0.1, -0.05) is 13.3 Å². The van der Waals surface area contributed by atoms with E-state index >= 15 is 0 Å². The molecule has 1 N–H and O–H groups in total. The Balaban J connectivity index is 1.54. The highest BCUT2D eigenvalue weighted by Gasteiger charge is 2.40. The Labute approximate surface area is 106 Å². The number of hydrogen-bond acceptors (Lipinski definition) is 2. The van der Waals surface area contributed by atoms with Gasteiger partial charge in [0.05, 0.1) is 0 Å². The van der Waals surface area contributed by atoms with Crippen molar-refractivity contribution in [1.29, 1.82) is 0 Å². The Hall–Kier alpha value is -0.0800. The van der Waals surface area contributed by atoms with Crippen LogP contribution in [0.4, 0.5) is 0 Å². The zero-order valence-corrected chi connectivity index (χ0v) is 11.5. The summed E-state index contributed by atoms with van der Waals surface area (Å²) < 4.78 is 0. The molecule has 0 aromatic carbocycles. The molecule has 3 fully saturated rings. The highest BCUT2D eigenvalue weighted by Crippen LogP contribution is 2.48. The van der Waals surface area contributed by atoms with E-state index in [1.165, 1.54) is 45.3 Å². The molecule has 1 saturated heterocycles. The largest absolute Gasteiger partial charge is 0.316 e. The topological polar surface area (TPSA) is 15.3 Å². The van der Waals surface area contributed by atoms with Crippen molar-refractivity contribution in [3.8, 4) is 0 Å². The fourth-order valence-electron chi connectivity index (χ4n) is 4.76. The van der Waals surface area contributed by atoms with Crippen molar-refractivity contribution in [2.24, 2.45) is 23.7 Å². The van der Waals surface area contributed by atoms with Gasteiger partial charge in [0.15, 0.2) is 0 Å². The summed E-state index contributed by atoms with van der Waals surface area (Å²) in [6.07, 6.45) is 7.51. The van der Waals surface area contributed by atoms with Crippen molar-refractivity contribution in [3.63, 3.8) is 0 Å². The van der Waals surface area contributed by atoms with E-state index in [9.17, 15) is 0 Å². The Kier molecular flexibility index (Phi) is 3.45. The maximum absolute atomic E-state index is 3.51. The molecule has 0 aromatic rings. The van der Waals surface area contributed by atoms with Crippen molar-refractivity contribution in [2.75, 3.05) is 26.7 Å². The number of rotatable bonds is 3. The monoisotopic (exact) mass is 236 g/mol. The van der Waals surface area contributed by atoms with Gasteiger partial charge in [-0.15, -0.1) is 0 Å². The summed E-state index contributed by atoms with van der Waals surface area (Å²) in [7, 11) is 2.37. The molecule has 17 heavy (non-hydrogen) atoms. The summed E-state index contributed by atoms with van der Waals surface area (Å²) in [5, 5.41) is 3.51. The highest BCUT2D eigenvalue weighted by molar-refractivity contribution is 4.92. The minimum Gasteiger partial charge on any atom is -0.316 e. The van der Waals surface area contributed by atoms with E-state index in [0.29, 0.717) is 0 Å². The molecule has 0 aromatic heterocycles. The van der Waals surface area contributed by atoms with Crippen molar-refractivity contribution >= 4 is 0 Å². The van der Waals surface area contributed by atoms with Crippen LogP contribution in [0.2, 0.25) is 0 Å². The second kappa shape index (κ2) is 4.89. The first-order valence-electron chi connectivity index (χ1n) is 7.65. The smallest absolute Gasteiger partial charge is 0.0142 e. The molecule has 0 amide bonds. The van der Waals surface area contributed by atoms with Crippen LogP contribution >= 0.6 is 0 Å². The molecule has 2 bridgehead atoms. The van der Waals surface area contributed by atoms with Gasteiger partial charge in [0, 0.05) is 12.6 Å². The number of piperidine rings is 1. The fraction of sp³-hybridized carbons (Fsp3) is 1.00. The third-order valence-corrected chi connectivity index (χ3v) is 5.71. The molecular weight excluding hydrogens is 208 g/mol. The van der Waals surface area contributed by atoms with Gasteiger partial charge in [0.25, 0.3) is 0 Å². The molecule has 0 radical (unpaired) electrons. The third-order valence-electron chi connectivity index (χ3n) is 5.71. The molecule has 2 saturated carbocycles. The number of hydrogen-bond donors (Lipinski definition) is 1. The van der Waals surface area contributed by atoms with Crippen molar-refractivity contribution < 1.29 is 0 Å². The van der Waals surface area contributed by atoms with Crippen LogP contribution in [0.5, 0.6) is 0 Å². The maximum Gasteiger partial charge on any atom is 0.0142 e. The van der Waals surface area contributed by atoms with Crippen molar-refractivity contribution in [3.05, 3.63) is 0 Å². The van der Waals surface area contributed by atoms with Gasteiger partial charge in [-0.2, -0.15) is 0 Å². The van der Waals surface area contributed by atoms with Gasteiger partial charge in [-0.3, -0.25) is 0 Å². The molecular formula is C15H28N2. The molecule has 1 aliphatic heterocycles. The molecule has 5 unspecified atom stereocenters. The third kappa shape index (κ3) is 2.39. The minimum absolute atomic E-state index is 0.826. The second-order valence-corrected chi connectivity index (χ2v) is 6.91. The Bertz CT molecular complexity index is 266. The first-order valence-corrected chi connectivity index (χ1v) is 7.65. The minimum atomic E-state index is 0.826. The van der Waals surface area contributed by atoms with E-state index in [1.54, 1.807) is 6.42 Å². The first kappa shape index (κ1) is 12.0. The van der Waals surface area contributed by atoms with Crippen molar-refractivity contribution in [2.45, 2.75) is 45.1 Å². The quantitative estimate of drug-likeness (QED) is 0.809. The summed E-state index contributed by atoms with van der Waals surface area (Å²) >= 11 is 0. The summed E-state index contributed by atoms with van der Waals surface area (Å²) in [6, 6.07) is 0.829. The molecule has 5 atom stereocenters. The summed E-state index contributed by atoms with van der Waals surface area (Å²) in [4.78, 5) is 2.69. The maximum atomic E-state index is 3.51. The standard InChI is InChI=1S/C15H28N2/c1-11-9-16-6-5-15(11)17(2)10-14-8-12-3-4-13(14)7-12/h11-16H,3-10H2,1-2H3. The van der Waals surface area contributed by atoms with E-state index in [-0.39, 0.29) is 0 Å². The molecule has 98 valence electrons. The number of nitrogens with one attached hydrogen (secondary N) is 1. The van der Waals surface area contributed by atoms with Crippen molar-refractivity contribution in [1.82, 2.24) is 10.2 Å². The van der Waals surface area contributed by atoms with Crippen LogP contribution in [0.3, 0.4) is 0 Å². The van der Waals surface area contributed by atoms with Gasteiger partial charge < -0.3 is 10.2 Å². The van der Waals surface area contributed by atoms with E-state index in [1.807, 2.05) is 0 Å². The molecule has 3 aliphatic rings. The van der Waals surface area contributed by atoms with Gasteiger partial charge in [-0.25, -0.2) is 0 Å². The normalized spacial score (nSPS) is 45.7. The van der Waals surface area contributed by atoms with Crippen LogP contribution in [-0.4, -0.2) is 37.6 Å². The van der Waals surface area contributed by atoms with E-state index in [2.05, 4.69) is 24.2 Å². The lowest BCUT2D eigenvalue weighted by molar-refractivity contribution is 0.114. The molecule has 0 spiro atoms. The Morgan fingerprint density at radius 3 is 2.71 bits per heavy atom. The molecule has 2 nitrogen and oxygen atoms in total. The van der Waals surface area contributed by atoms with Crippen LogP contribution in [0.15, 0.2) is 0 Å². The zero-order valence-electron chi connectivity index (χ0n) is 11.5. The average Bonchev–Trinajstić information content (AvgIpc) is 2.91. The lowest BCUT2D eigenvalue weighted by Gasteiger charge is -2.39. The predicted molar refractivity (Wildman–Crippen MR) is 72.0 cm³/mol. The van der Waals surface area contributed by atoms with E-state index in [0.717, 1.165) is 29.7 Å². The first-order chi connectivity index (χ1) is 8.24. The van der Waals surface area contributed by atoms with Gasteiger partial charge in [0.2, 0.25) is 0 Å². The average molecular weight is 236 g/mol. The zero-order chi connectivity index (χ0) is 11.8. The number of fused-ring (bicyclic) bond motifs is 2. The molecule has 2 aliphatic carbocycles. The molecule has 1 heterocycles. The van der Waals surface area contributed by atoms with E-state index in [4.69, 9.17) is 0 Å². The van der Waals surface area contributed by atoms with Crippen LogP contribution in [0.25, 0.3) is 0 Å². The summed E-state index contributed by atoms with van der Waals surface area (Å²) in [5.74, 6) is 4.04. The fourth-order valence-corrected chi connectivity index (χ4v) is 4.76. The SMILES string of the molecule is CC1CNCCC1N(C)CC1CC2CCC1C2. The summed E-state index contributed by atoms with van der Waals surface area (Å²) in [5.41, 5.74) is 0. The second-order valence-electron chi connectivity index (χ2n) is 6.91. The predicted octanol–water partition coefficient (Wildman–Crippen LogP) is 2.35. The lowest BCUT2D eigenvalue weighted by atomic mass is 9.87. The van der Waals surface area contributed by atoms with Gasteiger partial charge >= 0.3 is 0 Å². The van der Waals surface area contributed by atoms with Crippen LogP contribution in [-0.2, 0) is 0 Å². The van der Waals surface area contributed by atoms with Crippen LogP contribution < -0.4 is 5.32 Å². The van der Waals surface area contributed by atoms with Gasteiger partial charge in [0.1, 0.15) is 0 Å². The number of nitrogens with zero attached hydrogens (tertiary/aromatic N) is 1. The Morgan fingerprint density at radius 2 is 2.06 bits per heavy atom. The molecule has 2 heteroatoms. The van der Waals surface area contributed by atoms with Crippen LogP contribution in [0.1, 0.15) is 39.0 Å². The molecule has 3 rings (SSSR count). The lowest BCUT2D eigenvalue weighted by Crippen LogP contribution is -2.48. The Morgan fingerprint density at radius 1 is 1.18 bits per heavy atom.